The minimum atomic E-state index is -0.122. The molecule has 4 aromatic heterocycles. The molecule has 5 heteroatoms. The molecule has 0 radical (unpaired) electrons. The highest BCUT2D eigenvalue weighted by atomic mass is 32.1. The van der Waals surface area contributed by atoms with Crippen LogP contribution in [0.1, 0.15) is 52.7 Å². The quantitative estimate of drug-likeness (QED) is 0.179. The van der Waals surface area contributed by atoms with Crippen molar-refractivity contribution in [2.24, 2.45) is 0 Å². The number of nitrogens with zero attached hydrogens (tertiary/aromatic N) is 4. The summed E-state index contributed by atoms with van der Waals surface area (Å²) in [6.45, 7) is 12.6. The Kier molecular flexibility index (Phi) is 8.88. The highest BCUT2D eigenvalue weighted by Crippen LogP contribution is 2.50. The van der Waals surface area contributed by atoms with Gasteiger partial charge in [-0.25, -0.2) is 9.97 Å². The lowest BCUT2D eigenvalue weighted by Gasteiger charge is -2.22. The Labute approximate surface area is 348 Å². The van der Waals surface area contributed by atoms with Gasteiger partial charge in [0.1, 0.15) is 11.2 Å². The van der Waals surface area contributed by atoms with Gasteiger partial charge in [-0.05, 0) is 75.5 Å². The molecule has 0 N–H and O–H groups in total. The zero-order valence-electron chi connectivity index (χ0n) is 34.2. The fraction of sp³-hybridized carbons (Fsp3) is 0.130. The van der Waals surface area contributed by atoms with Crippen LogP contribution in [0.2, 0.25) is 0 Å². The molecule has 12 rings (SSSR count). The van der Waals surface area contributed by atoms with Crippen molar-refractivity contribution >= 4 is 75.1 Å². The number of hydrogen-bond acceptors (Lipinski definition) is 4. The van der Waals surface area contributed by atoms with Crippen LogP contribution in [0.25, 0.3) is 103 Å². The van der Waals surface area contributed by atoms with Crippen LogP contribution in [0, 0.1) is 0 Å². The molecule has 4 heterocycles. The summed E-state index contributed by atoms with van der Waals surface area (Å²) in [5.41, 5.74) is 13.1. The van der Waals surface area contributed by atoms with E-state index in [1.807, 2.05) is 57.4 Å². The van der Waals surface area contributed by atoms with E-state index in [2.05, 4.69) is 158 Å². The Morgan fingerprint density at radius 1 is 0.542 bits per heavy atom. The van der Waals surface area contributed by atoms with Crippen LogP contribution in [0.4, 0.5) is 0 Å². The van der Waals surface area contributed by atoms with Gasteiger partial charge < -0.3 is 4.57 Å². The summed E-state index contributed by atoms with van der Waals surface area (Å²) in [5.74, 6) is 0.679. The molecular formula is C54H44N4S. The second-order valence-corrected chi connectivity index (χ2v) is 16.2. The molecule has 0 fully saturated rings. The fourth-order valence-corrected chi connectivity index (χ4v) is 10.6. The number of thiophene rings is 1. The third kappa shape index (κ3) is 5.45. The number of benzene rings is 7. The zero-order chi connectivity index (χ0) is 40.4. The van der Waals surface area contributed by atoms with Gasteiger partial charge in [0, 0.05) is 54.7 Å². The van der Waals surface area contributed by atoms with E-state index in [9.17, 15) is 0 Å². The summed E-state index contributed by atoms with van der Waals surface area (Å²) in [4.78, 5) is 15.3. The molecule has 0 atom stereocenters. The van der Waals surface area contributed by atoms with Crippen molar-refractivity contribution in [2.75, 3.05) is 0 Å². The Morgan fingerprint density at radius 2 is 1.24 bits per heavy atom. The second-order valence-electron chi connectivity index (χ2n) is 15.2. The molecule has 1 aliphatic rings. The van der Waals surface area contributed by atoms with Crippen molar-refractivity contribution in [3.8, 4) is 39.5 Å². The first-order valence-electron chi connectivity index (χ1n) is 20.8. The molecule has 4 nitrogen and oxygen atoms in total. The first kappa shape index (κ1) is 36.6. The Hall–Kier alpha value is -6.69. The molecule has 0 unspecified atom stereocenters. The molecule has 0 bridgehead atoms. The molecule has 0 aliphatic heterocycles. The normalized spacial score (nSPS) is 12.7. The second kappa shape index (κ2) is 14.3. The summed E-state index contributed by atoms with van der Waals surface area (Å²) >= 11 is 1.88. The maximum atomic E-state index is 5.35. The first-order valence-corrected chi connectivity index (χ1v) is 21.6. The lowest BCUT2D eigenvalue weighted by atomic mass is 9.82. The van der Waals surface area contributed by atoms with Crippen molar-refractivity contribution in [3.63, 3.8) is 0 Å². The first-order chi connectivity index (χ1) is 29.0. The summed E-state index contributed by atoms with van der Waals surface area (Å²) in [5, 5.41) is 7.72. The number of hydrogen-bond donors (Lipinski definition) is 0. The lowest BCUT2D eigenvalue weighted by molar-refractivity contribution is 0.660. The average Bonchev–Trinajstić information content (AvgIpc) is 3.94. The van der Waals surface area contributed by atoms with Crippen molar-refractivity contribution in [1.82, 2.24) is 19.5 Å². The van der Waals surface area contributed by atoms with Gasteiger partial charge in [-0.1, -0.05) is 151 Å². The van der Waals surface area contributed by atoms with Gasteiger partial charge in [0.2, 0.25) is 0 Å². The van der Waals surface area contributed by atoms with Crippen LogP contribution in [-0.2, 0) is 5.41 Å². The highest BCUT2D eigenvalue weighted by molar-refractivity contribution is 7.27. The van der Waals surface area contributed by atoms with Crippen molar-refractivity contribution < 1.29 is 0 Å². The SMILES string of the molecule is CC.CC.CC1(C)c2ccccc2-c2ccc(-c3nc(-c4cccc(-n5c6ccccc6c6c7ccccc7c7c8ccccc8sc7c65)c4)nc4cccnc34)cc21. The number of pyridine rings is 1. The van der Waals surface area contributed by atoms with Crippen molar-refractivity contribution in [3.05, 3.63) is 169 Å². The van der Waals surface area contributed by atoms with E-state index in [0.29, 0.717) is 5.82 Å². The van der Waals surface area contributed by atoms with Crippen LogP contribution in [0.5, 0.6) is 0 Å². The van der Waals surface area contributed by atoms with E-state index >= 15 is 0 Å². The molecular weight excluding hydrogens is 737 g/mol. The lowest BCUT2D eigenvalue weighted by Crippen LogP contribution is -2.15. The Bertz CT molecular complexity index is 3420. The zero-order valence-corrected chi connectivity index (χ0v) is 35.0. The number of rotatable bonds is 3. The standard InChI is InChI=1S/C50H32N4S.2C2H6/c1-50(2)38-20-8-5-15-32(38)33-25-24-29(28-39(33)50)45-46-40(21-12-26-51-46)52-49(53-45)30-13-11-14-31(27-30)54-41-22-9-6-18-36(41)43-34-16-3-4-17-35(34)44-37-19-7-10-23-42(37)55-48(44)47(43)54;2*1-2/h3-28H,1-2H3;2*1-2H3. The predicted octanol–water partition coefficient (Wildman–Crippen LogP) is 15.3. The van der Waals surface area contributed by atoms with E-state index < -0.39 is 0 Å². The van der Waals surface area contributed by atoms with Crippen molar-refractivity contribution in [2.45, 2.75) is 47.0 Å². The van der Waals surface area contributed by atoms with E-state index in [-0.39, 0.29) is 5.41 Å². The Balaban J connectivity index is 0.00000102. The molecule has 286 valence electrons. The minimum absolute atomic E-state index is 0.122. The number of aromatic nitrogens is 4. The van der Waals surface area contributed by atoms with Gasteiger partial charge in [-0.2, -0.15) is 0 Å². The third-order valence-corrected chi connectivity index (χ3v) is 13.0. The van der Waals surface area contributed by atoms with Crippen LogP contribution in [0.15, 0.2) is 158 Å². The van der Waals surface area contributed by atoms with Crippen molar-refractivity contribution in [1.29, 1.82) is 0 Å². The fourth-order valence-electron chi connectivity index (χ4n) is 9.33. The van der Waals surface area contributed by atoms with Crippen LogP contribution >= 0.6 is 11.3 Å². The highest BCUT2D eigenvalue weighted by Gasteiger charge is 2.35. The van der Waals surface area contributed by atoms with Crippen LogP contribution in [0.3, 0.4) is 0 Å². The maximum Gasteiger partial charge on any atom is 0.160 e. The minimum Gasteiger partial charge on any atom is -0.308 e. The maximum absolute atomic E-state index is 5.35. The summed E-state index contributed by atoms with van der Waals surface area (Å²) in [6.07, 6.45) is 1.84. The molecule has 7 aromatic carbocycles. The smallest absolute Gasteiger partial charge is 0.160 e. The van der Waals surface area contributed by atoms with Gasteiger partial charge in [0.15, 0.2) is 5.82 Å². The molecule has 0 saturated carbocycles. The van der Waals surface area contributed by atoms with E-state index in [1.54, 1.807) is 0 Å². The van der Waals surface area contributed by atoms with E-state index in [4.69, 9.17) is 15.0 Å². The number of para-hydroxylation sites is 1. The van der Waals surface area contributed by atoms with Crippen LogP contribution < -0.4 is 0 Å². The molecule has 59 heavy (non-hydrogen) atoms. The summed E-state index contributed by atoms with van der Waals surface area (Å²) < 4.78 is 5.06. The third-order valence-electron chi connectivity index (χ3n) is 11.8. The Morgan fingerprint density at radius 3 is 2.07 bits per heavy atom. The van der Waals surface area contributed by atoms with Gasteiger partial charge in [-0.3, -0.25) is 4.98 Å². The summed E-state index contributed by atoms with van der Waals surface area (Å²) in [7, 11) is 0. The predicted molar refractivity (Wildman–Crippen MR) is 253 cm³/mol. The number of fused-ring (bicyclic) bond motifs is 14. The monoisotopic (exact) mass is 780 g/mol. The van der Waals surface area contributed by atoms with Gasteiger partial charge in [-0.15, -0.1) is 11.3 Å². The van der Waals surface area contributed by atoms with Crippen LogP contribution in [-0.4, -0.2) is 19.5 Å². The molecule has 0 saturated heterocycles. The van der Waals surface area contributed by atoms with Gasteiger partial charge in [0.25, 0.3) is 0 Å². The molecule has 0 amide bonds. The molecule has 1 aliphatic carbocycles. The molecule has 0 spiro atoms. The average molecular weight is 781 g/mol. The van der Waals surface area contributed by atoms with Gasteiger partial charge in [0.05, 0.1) is 21.3 Å². The topological polar surface area (TPSA) is 43.6 Å². The van der Waals surface area contributed by atoms with Gasteiger partial charge >= 0.3 is 0 Å². The van der Waals surface area contributed by atoms with E-state index in [0.717, 1.165) is 33.5 Å². The molecule has 11 aromatic rings. The van der Waals surface area contributed by atoms with E-state index in [1.165, 1.54) is 75.0 Å². The largest absolute Gasteiger partial charge is 0.308 e. The summed E-state index contributed by atoms with van der Waals surface area (Å²) in [6, 6.07) is 54.8.